The van der Waals surface area contributed by atoms with Crippen LogP contribution in [0.1, 0.15) is 17.7 Å². The molecule has 0 saturated heterocycles. The average Bonchev–Trinajstić information content (AvgIpc) is 2.15. The fraction of sp³-hybridized carbons (Fsp3) is 0.375. The SMILES string of the molecule is COc1c(S(N)(=O)=O)cnc(C(F)F)c1C. The Morgan fingerprint density at radius 2 is 2.06 bits per heavy atom. The first-order chi connectivity index (χ1) is 7.29. The number of ether oxygens (including phenoxy) is 1. The van der Waals surface area contributed by atoms with Gasteiger partial charge in [0, 0.05) is 5.56 Å². The summed E-state index contributed by atoms with van der Waals surface area (Å²) in [6.07, 6.45) is -2.04. The van der Waals surface area contributed by atoms with Gasteiger partial charge in [-0.1, -0.05) is 0 Å². The predicted molar refractivity (Wildman–Crippen MR) is 51.9 cm³/mol. The van der Waals surface area contributed by atoms with E-state index < -0.39 is 27.0 Å². The number of methoxy groups -OCH3 is 1. The van der Waals surface area contributed by atoms with Crippen LogP contribution in [0.25, 0.3) is 0 Å². The molecule has 8 heteroatoms. The lowest BCUT2D eigenvalue weighted by Crippen LogP contribution is -2.15. The van der Waals surface area contributed by atoms with E-state index in [0.717, 1.165) is 6.20 Å². The number of aromatic nitrogens is 1. The normalized spacial score (nSPS) is 11.9. The van der Waals surface area contributed by atoms with Crippen LogP contribution in [0.15, 0.2) is 11.1 Å². The number of alkyl halides is 2. The highest BCUT2D eigenvalue weighted by atomic mass is 32.2. The average molecular weight is 252 g/mol. The Kier molecular flexibility index (Phi) is 3.44. The summed E-state index contributed by atoms with van der Waals surface area (Å²) in [5.41, 5.74) is -0.562. The van der Waals surface area contributed by atoms with Gasteiger partial charge >= 0.3 is 0 Å². The fourth-order valence-electron chi connectivity index (χ4n) is 1.26. The minimum atomic E-state index is -4.04. The lowest BCUT2D eigenvalue weighted by atomic mass is 10.2. The van der Waals surface area contributed by atoms with Gasteiger partial charge in [0.2, 0.25) is 10.0 Å². The van der Waals surface area contributed by atoms with Gasteiger partial charge in [-0.15, -0.1) is 0 Å². The van der Waals surface area contributed by atoms with E-state index in [1.165, 1.54) is 14.0 Å². The van der Waals surface area contributed by atoms with Crippen LogP contribution in [0.5, 0.6) is 5.75 Å². The Morgan fingerprint density at radius 3 is 2.44 bits per heavy atom. The quantitative estimate of drug-likeness (QED) is 0.869. The second kappa shape index (κ2) is 4.30. The highest BCUT2D eigenvalue weighted by Gasteiger charge is 2.23. The molecule has 0 fully saturated rings. The predicted octanol–water partition coefficient (Wildman–Crippen LogP) is 0.984. The maximum Gasteiger partial charge on any atom is 0.280 e. The maximum atomic E-state index is 12.5. The highest BCUT2D eigenvalue weighted by molar-refractivity contribution is 7.89. The van der Waals surface area contributed by atoms with Gasteiger partial charge < -0.3 is 4.74 Å². The number of nitrogens with zero attached hydrogens (tertiary/aromatic N) is 1. The summed E-state index contributed by atoms with van der Waals surface area (Å²) in [5, 5.41) is 4.89. The van der Waals surface area contributed by atoms with Gasteiger partial charge in [0.1, 0.15) is 16.3 Å². The van der Waals surface area contributed by atoms with Crippen molar-refractivity contribution in [3.8, 4) is 5.75 Å². The zero-order valence-corrected chi connectivity index (χ0v) is 9.38. The van der Waals surface area contributed by atoms with Crippen molar-refractivity contribution in [1.82, 2.24) is 4.98 Å². The zero-order valence-electron chi connectivity index (χ0n) is 8.57. The van der Waals surface area contributed by atoms with E-state index in [0.29, 0.717) is 0 Å². The lowest BCUT2D eigenvalue weighted by molar-refractivity contribution is 0.144. The van der Waals surface area contributed by atoms with Gasteiger partial charge in [0.15, 0.2) is 0 Å². The van der Waals surface area contributed by atoms with Crippen molar-refractivity contribution in [2.75, 3.05) is 7.11 Å². The smallest absolute Gasteiger partial charge is 0.280 e. The van der Waals surface area contributed by atoms with E-state index in [-0.39, 0.29) is 11.3 Å². The molecule has 0 unspecified atom stereocenters. The topological polar surface area (TPSA) is 82.3 Å². The Morgan fingerprint density at radius 1 is 1.50 bits per heavy atom. The molecule has 0 aliphatic carbocycles. The molecule has 0 atom stereocenters. The molecule has 5 nitrogen and oxygen atoms in total. The van der Waals surface area contributed by atoms with Gasteiger partial charge in [0.05, 0.1) is 13.3 Å². The molecule has 1 aromatic heterocycles. The molecule has 1 aromatic rings. The third-order valence-electron chi connectivity index (χ3n) is 1.99. The second-order valence-corrected chi connectivity index (χ2v) is 4.54. The molecule has 16 heavy (non-hydrogen) atoms. The highest BCUT2D eigenvalue weighted by Crippen LogP contribution is 2.31. The molecule has 0 radical (unpaired) electrons. The Hall–Kier alpha value is -1.28. The van der Waals surface area contributed by atoms with Crippen molar-refractivity contribution in [2.24, 2.45) is 5.14 Å². The van der Waals surface area contributed by atoms with Crippen LogP contribution < -0.4 is 9.88 Å². The first-order valence-corrected chi connectivity index (χ1v) is 5.68. The first-order valence-electron chi connectivity index (χ1n) is 4.13. The second-order valence-electron chi connectivity index (χ2n) is 3.01. The van der Waals surface area contributed by atoms with Gasteiger partial charge in [-0.2, -0.15) is 0 Å². The van der Waals surface area contributed by atoms with Crippen molar-refractivity contribution in [1.29, 1.82) is 0 Å². The van der Waals surface area contributed by atoms with E-state index >= 15 is 0 Å². The number of sulfonamides is 1. The molecule has 0 bridgehead atoms. The number of hydrogen-bond donors (Lipinski definition) is 1. The summed E-state index contributed by atoms with van der Waals surface area (Å²) in [5.74, 6) is -0.201. The van der Waals surface area contributed by atoms with Crippen LogP contribution in [0.4, 0.5) is 8.78 Å². The molecule has 0 saturated carbocycles. The number of rotatable bonds is 3. The fourth-order valence-corrected chi connectivity index (χ4v) is 1.96. The third kappa shape index (κ3) is 2.27. The van der Waals surface area contributed by atoms with Crippen molar-refractivity contribution in [3.63, 3.8) is 0 Å². The van der Waals surface area contributed by atoms with Crippen LogP contribution >= 0.6 is 0 Å². The summed E-state index contributed by atoms with van der Waals surface area (Å²) in [7, 11) is -2.87. The van der Waals surface area contributed by atoms with Crippen molar-refractivity contribution >= 4 is 10.0 Å². The molecule has 1 rings (SSSR count). The summed E-state index contributed by atoms with van der Waals surface area (Å²) < 4.78 is 51.9. The first kappa shape index (κ1) is 12.8. The van der Waals surface area contributed by atoms with Crippen LogP contribution in [0, 0.1) is 6.92 Å². The molecule has 0 aliphatic heterocycles. The molecule has 2 N–H and O–H groups in total. The zero-order chi connectivity index (χ0) is 12.5. The minimum Gasteiger partial charge on any atom is -0.495 e. The van der Waals surface area contributed by atoms with Crippen LogP contribution in [0.3, 0.4) is 0 Å². The molecular formula is C8H10F2N2O3S. The lowest BCUT2D eigenvalue weighted by Gasteiger charge is -2.12. The Bertz CT molecular complexity index is 502. The van der Waals surface area contributed by atoms with Gasteiger partial charge in [0.25, 0.3) is 6.43 Å². The number of hydrogen-bond acceptors (Lipinski definition) is 4. The number of pyridine rings is 1. The monoisotopic (exact) mass is 252 g/mol. The van der Waals surface area contributed by atoms with Crippen LogP contribution in [0.2, 0.25) is 0 Å². The van der Waals surface area contributed by atoms with Crippen LogP contribution in [-0.4, -0.2) is 20.5 Å². The van der Waals surface area contributed by atoms with E-state index in [4.69, 9.17) is 9.88 Å². The van der Waals surface area contributed by atoms with E-state index in [1.54, 1.807) is 0 Å². The minimum absolute atomic E-state index is 0.0379. The number of primary sulfonamides is 1. The molecule has 0 aromatic carbocycles. The van der Waals surface area contributed by atoms with E-state index in [1.807, 2.05) is 0 Å². The summed E-state index contributed by atoms with van der Waals surface area (Å²) >= 11 is 0. The van der Waals surface area contributed by atoms with E-state index in [9.17, 15) is 17.2 Å². The maximum absolute atomic E-state index is 12.5. The largest absolute Gasteiger partial charge is 0.495 e. The van der Waals surface area contributed by atoms with Gasteiger partial charge in [-0.3, -0.25) is 4.98 Å². The molecule has 0 aliphatic rings. The summed E-state index contributed by atoms with van der Waals surface area (Å²) in [4.78, 5) is 2.96. The van der Waals surface area contributed by atoms with Gasteiger partial charge in [-0.05, 0) is 6.92 Å². The molecular weight excluding hydrogens is 242 g/mol. The van der Waals surface area contributed by atoms with Crippen molar-refractivity contribution in [2.45, 2.75) is 18.2 Å². The van der Waals surface area contributed by atoms with Crippen molar-refractivity contribution in [3.05, 3.63) is 17.5 Å². The Labute approximate surface area is 91.3 Å². The molecule has 0 amide bonds. The molecule has 1 heterocycles. The molecule has 0 spiro atoms. The number of halogens is 2. The number of nitrogens with two attached hydrogens (primary N) is 1. The van der Waals surface area contributed by atoms with Crippen molar-refractivity contribution < 1.29 is 21.9 Å². The molecule has 90 valence electrons. The third-order valence-corrected chi connectivity index (χ3v) is 2.89. The summed E-state index contributed by atoms with van der Waals surface area (Å²) in [6, 6.07) is 0. The Balaban J connectivity index is 3.54. The van der Waals surface area contributed by atoms with Crippen LogP contribution in [-0.2, 0) is 10.0 Å². The standard InChI is InChI=1S/C8H10F2N2O3S/c1-4-6(8(9)10)12-3-5(7(4)15-2)16(11,13)14/h3,8H,1-2H3,(H2,11,13,14). The summed E-state index contributed by atoms with van der Waals surface area (Å²) in [6.45, 7) is 1.29. The van der Waals surface area contributed by atoms with Gasteiger partial charge in [-0.25, -0.2) is 22.3 Å². The van der Waals surface area contributed by atoms with E-state index in [2.05, 4.69) is 4.98 Å².